The lowest BCUT2D eigenvalue weighted by molar-refractivity contribution is -0.141. The van der Waals surface area contributed by atoms with Crippen LogP contribution >= 0.6 is 0 Å². The maximum Gasteiger partial charge on any atom is 0.416 e. The van der Waals surface area contributed by atoms with Gasteiger partial charge in [0.2, 0.25) is 0 Å². The van der Waals surface area contributed by atoms with Crippen molar-refractivity contribution in [3.05, 3.63) is 35.4 Å². The molecule has 0 aliphatic carbocycles. The number of methoxy groups -OCH3 is 1. The van der Waals surface area contributed by atoms with Crippen LogP contribution in [0.1, 0.15) is 17.5 Å². The summed E-state index contributed by atoms with van der Waals surface area (Å²) in [5, 5.41) is 3.05. The van der Waals surface area contributed by atoms with E-state index in [1.54, 1.807) is 6.07 Å². The summed E-state index contributed by atoms with van der Waals surface area (Å²) in [4.78, 5) is 0. The molecule has 1 aromatic carbocycles. The van der Waals surface area contributed by atoms with Crippen molar-refractivity contribution in [2.24, 2.45) is 0 Å². The summed E-state index contributed by atoms with van der Waals surface area (Å²) in [7, 11) is 1.46. The van der Waals surface area contributed by atoms with Gasteiger partial charge in [-0.2, -0.15) is 13.2 Å². The van der Waals surface area contributed by atoms with Crippen molar-refractivity contribution in [3.8, 4) is 0 Å². The molecular weight excluding hydrogens is 231 g/mol. The van der Waals surface area contributed by atoms with Crippen LogP contribution in [0.2, 0.25) is 0 Å². The van der Waals surface area contributed by atoms with E-state index in [0.29, 0.717) is 19.5 Å². The highest BCUT2D eigenvalue weighted by Crippen LogP contribution is 2.40. The van der Waals surface area contributed by atoms with E-state index in [1.165, 1.54) is 19.2 Å². The predicted octanol–water partition coefficient (Wildman–Crippen LogP) is 2.54. The summed E-state index contributed by atoms with van der Waals surface area (Å²) in [6.45, 7) is 1.08. The van der Waals surface area contributed by atoms with E-state index in [0.717, 1.165) is 6.07 Å². The average molecular weight is 245 g/mol. The molecule has 1 aromatic rings. The number of rotatable bonds is 2. The summed E-state index contributed by atoms with van der Waals surface area (Å²) in [6, 6.07) is 5.62. The Morgan fingerprint density at radius 3 is 2.53 bits per heavy atom. The predicted molar refractivity (Wildman–Crippen MR) is 57.6 cm³/mol. The molecule has 1 unspecified atom stereocenters. The first-order chi connectivity index (χ1) is 7.99. The van der Waals surface area contributed by atoms with E-state index in [1.807, 2.05) is 0 Å². The van der Waals surface area contributed by atoms with E-state index >= 15 is 0 Å². The van der Waals surface area contributed by atoms with Gasteiger partial charge in [0.25, 0.3) is 0 Å². The fourth-order valence-corrected chi connectivity index (χ4v) is 2.31. The lowest BCUT2D eigenvalue weighted by atomic mass is 9.88. The number of halogens is 3. The molecule has 5 heteroatoms. The number of hydrogen-bond acceptors (Lipinski definition) is 2. The molecule has 1 atom stereocenters. The monoisotopic (exact) mass is 245 g/mol. The van der Waals surface area contributed by atoms with Gasteiger partial charge in [0.05, 0.1) is 5.56 Å². The van der Waals surface area contributed by atoms with Gasteiger partial charge in [-0.1, -0.05) is 18.2 Å². The zero-order valence-electron chi connectivity index (χ0n) is 9.47. The van der Waals surface area contributed by atoms with Crippen LogP contribution < -0.4 is 5.32 Å². The molecule has 0 radical (unpaired) electrons. The maximum atomic E-state index is 12.9. The fraction of sp³-hybridized carbons (Fsp3) is 0.500. The Labute approximate surface area is 97.8 Å². The molecule has 1 aliphatic heterocycles. The summed E-state index contributed by atoms with van der Waals surface area (Å²) in [5.41, 5.74) is -1.24. The van der Waals surface area contributed by atoms with E-state index < -0.39 is 17.3 Å². The average Bonchev–Trinajstić information content (AvgIpc) is 2.78. The van der Waals surface area contributed by atoms with Gasteiger partial charge >= 0.3 is 6.18 Å². The second-order valence-corrected chi connectivity index (χ2v) is 4.17. The number of ether oxygens (including phenoxy) is 1. The summed E-state index contributed by atoms with van der Waals surface area (Å²) >= 11 is 0. The molecule has 94 valence electrons. The highest BCUT2D eigenvalue weighted by atomic mass is 19.4. The zero-order valence-corrected chi connectivity index (χ0v) is 9.47. The second-order valence-electron chi connectivity index (χ2n) is 4.17. The minimum atomic E-state index is -4.34. The highest BCUT2D eigenvalue weighted by molar-refractivity contribution is 5.36. The normalized spacial score (nSPS) is 25.2. The molecule has 0 spiro atoms. The molecule has 1 heterocycles. The van der Waals surface area contributed by atoms with Crippen molar-refractivity contribution >= 4 is 0 Å². The molecule has 2 rings (SSSR count). The highest BCUT2D eigenvalue weighted by Gasteiger charge is 2.43. The Kier molecular flexibility index (Phi) is 3.14. The van der Waals surface area contributed by atoms with Gasteiger partial charge in [-0.05, 0) is 24.6 Å². The molecular formula is C12H14F3NO. The largest absolute Gasteiger partial charge is 0.416 e. The lowest BCUT2D eigenvalue weighted by Crippen LogP contribution is -2.33. The first-order valence-electron chi connectivity index (χ1n) is 5.42. The van der Waals surface area contributed by atoms with Gasteiger partial charge in [0.1, 0.15) is 5.60 Å². The number of nitrogens with one attached hydrogen (secondary N) is 1. The molecule has 2 nitrogen and oxygen atoms in total. The van der Waals surface area contributed by atoms with Gasteiger partial charge in [0, 0.05) is 13.7 Å². The standard InChI is InChI=1S/C12H14F3NO/c1-17-11(6-7-16-8-11)9-4-2-3-5-10(9)12(13,14)15/h2-5,16H,6-8H2,1H3. The Morgan fingerprint density at radius 2 is 2.00 bits per heavy atom. The quantitative estimate of drug-likeness (QED) is 0.864. The van der Waals surface area contributed by atoms with Crippen molar-refractivity contribution in [3.63, 3.8) is 0 Å². The minimum Gasteiger partial charge on any atom is -0.372 e. The molecule has 1 aliphatic rings. The summed E-state index contributed by atoms with van der Waals surface area (Å²) in [5.74, 6) is 0. The van der Waals surface area contributed by atoms with Gasteiger partial charge in [-0.3, -0.25) is 0 Å². The smallest absolute Gasteiger partial charge is 0.372 e. The van der Waals surface area contributed by atoms with Crippen LogP contribution in [-0.4, -0.2) is 20.2 Å². The van der Waals surface area contributed by atoms with E-state index in [4.69, 9.17) is 4.74 Å². The number of hydrogen-bond donors (Lipinski definition) is 1. The number of benzene rings is 1. The minimum absolute atomic E-state index is 0.222. The Bertz CT molecular complexity index is 397. The van der Waals surface area contributed by atoms with E-state index in [9.17, 15) is 13.2 Å². The van der Waals surface area contributed by atoms with Crippen molar-refractivity contribution < 1.29 is 17.9 Å². The van der Waals surface area contributed by atoms with Crippen molar-refractivity contribution in [2.75, 3.05) is 20.2 Å². The molecule has 0 amide bonds. The van der Waals surface area contributed by atoms with Crippen molar-refractivity contribution in [2.45, 2.75) is 18.2 Å². The summed E-state index contributed by atoms with van der Waals surface area (Å²) in [6.07, 6.45) is -3.79. The molecule has 0 aromatic heterocycles. The maximum absolute atomic E-state index is 12.9. The van der Waals surface area contributed by atoms with Crippen LogP contribution in [0.4, 0.5) is 13.2 Å². The summed E-state index contributed by atoms with van der Waals surface area (Å²) < 4.78 is 44.2. The van der Waals surface area contributed by atoms with Crippen molar-refractivity contribution in [1.29, 1.82) is 0 Å². The van der Waals surface area contributed by atoms with Gasteiger partial charge in [0.15, 0.2) is 0 Å². The molecule has 1 N–H and O–H groups in total. The Hall–Kier alpha value is -1.07. The second kappa shape index (κ2) is 4.31. The van der Waals surface area contributed by atoms with E-state index in [-0.39, 0.29) is 5.56 Å². The topological polar surface area (TPSA) is 21.3 Å². The Morgan fingerprint density at radius 1 is 1.29 bits per heavy atom. The van der Waals surface area contributed by atoms with Gasteiger partial charge in [-0.25, -0.2) is 0 Å². The van der Waals surface area contributed by atoms with Crippen LogP contribution in [0.5, 0.6) is 0 Å². The first-order valence-corrected chi connectivity index (χ1v) is 5.42. The fourth-order valence-electron chi connectivity index (χ4n) is 2.31. The third-order valence-corrected chi connectivity index (χ3v) is 3.23. The molecule has 1 saturated heterocycles. The lowest BCUT2D eigenvalue weighted by Gasteiger charge is -2.30. The third kappa shape index (κ3) is 2.17. The zero-order chi connectivity index (χ0) is 12.5. The van der Waals surface area contributed by atoms with Crippen LogP contribution in [0.15, 0.2) is 24.3 Å². The van der Waals surface area contributed by atoms with Crippen LogP contribution in [-0.2, 0) is 16.5 Å². The van der Waals surface area contributed by atoms with Gasteiger partial charge < -0.3 is 10.1 Å². The third-order valence-electron chi connectivity index (χ3n) is 3.23. The number of alkyl halides is 3. The van der Waals surface area contributed by atoms with Gasteiger partial charge in [-0.15, -0.1) is 0 Å². The van der Waals surface area contributed by atoms with Crippen LogP contribution in [0.25, 0.3) is 0 Å². The SMILES string of the molecule is COC1(c2ccccc2C(F)(F)F)CCNC1. The van der Waals surface area contributed by atoms with Crippen LogP contribution in [0.3, 0.4) is 0 Å². The molecule has 17 heavy (non-hydrogen) atoms. The van der Waals surface area contributed by atoms with E-state index in [2.05, 4.69) is 5.32 Å². The van der Waals surface area contributed by atoms with Crippen molar-refractivity contribution in [1.82, 2.24) is 5.32 Å². The molecule has 0 saturated carbocycles. The molecule has 0 bridgehead atoms. The van der Waals surface area contributed by atoms with Crippen LogP contribution in [0, 0.1) is 0 Å². The first kappa shape index (κ1) is 12.4. The molecule has 1 fully saturated rings. The Balaban J connectivity index is 2.51.